The summed E-state index contributed by atoms with van der Waals surface area (Å²) in [6, 6.07) is 7.34. The number of methoxy groups -OCH3 is 1. The minimum atomic E-state index is -0.00666. The van der Waals surface area contributed by atoms with Crippen LogP contribution in [0.4, 0.5) is 5.69 Å². The van der Waals surface area contributed by atoms with Crippen LogP contribution in [0.2, 0.25) is 0 Å². The fraction of sp³-hybridized carbons (Fsp3) is 0.533. The maximum Gasteiger partial charge on any atom is 0.224 e. The third-order valence-corrected chi connectivity index (χ3v) is 2.39. The Hall–Kier alpha value is -1.55. The Morgan fingerprint density at radius 1 is 1.16 bits per heavy atom. The van der Waals surface area contributed by atoms with Crippen LogP contribution in [0.25, 0.3) is 0 Å². The van der Waals surface area contributed by atoms with Crippen molar-refractivity contribution in [1.82, 2.24) is 0 Å². The zero-order valence-electron chi connectivity index (χ0n) is 12.2. The summed E-state index contributed by atoms with van der Waals surface area (Å²) in [5.41, 5.74) is 0.779. The number of hydrogen-bond acceptors (Lipinski definition) is 3. The molecular formula is C15H23NO3. The van der Waals surface area contributed by atoms with Gasteiger partial charge in [-0.1, -0.05) is 20.8 Å². The summed E-state index contributed by atoms with van der Waals surface area (Å²) < 4.78 is 10.4. The molecule has 1 aromatic carbocycles. The number of benzene rings is 1. The molecule has 0 radical (unpaired) electrons. The molecule has 0 aromatic heterocycles. The lowest BCUT2D eigenvalue weighted by molar-refractivity contribution is -0.117. The van der Waals surface area contributed by atoms with E-state index < -0.39 is 0 Å². The molecule has 0 atom stereocenters. The third-order valence-electron chi connectivity index (χ3n) is 2.39. The van der Waals surface area contributed by atoms with E-state index in [1.165, 1.54) is 0 Å². The highest BCUT2D eigenvalue weighted by Gasteiger charge is 2.15. The second-order valence-corrected chi connectivity index (χ2v) is 5.65. The average Bonchev–Trinajstić information content (AvgIpc) is 2.29. The zero-order chi connectivity index (χ0) is 14.3. The van der Waals surface area contributed by atoms with Crippen LogP contribution in [0.3, 0.4) is 0 Å². The van der Waals surface area contributed by atoms with Crippen LogP contribution in [0.1, 0.15) is 27.2 Å². The molecule has 4 nitrogen and oxygen atoms in total. The molecule has 0 spiro atoms. The van der Waals surface area contributed by atoms with Gasteiger partial charge in [-0.2, -0.15) is 0 Å². The van der Waals surface area contributed by atoms with E-state index in [1.54, 1.807) is 7.11 Å². The van der Waals surface area contributed by atoms with Gasteiger partial charge in [0.25, 0.3) is 0 Å². The molecule has 1 amide bonds. The molecule has 0 saturated carbocycles. The van der Waals surface area contributed by atoms with Crippen molar-refractivity contribution in [2.75, 3.05) is 25.6 Å². The second-order valence-electron chi connectivity index (χ2n) is 5.65. The third kappa shape index (κ3) is 6.82. The second kappa shape index (κ2) is 7.14. The summed E-state index contributed by atoms with van der Waals surface area (Å²) in [7, 11) is 1.64. The van der Waals surface area contributed by atoms with Crippen molar-refractivity contribution in [3.05, 3.63) is 24.3 Å². The molecule has 0 unspecified atom stereocenters. The first-order chi connectivity index (χ1) is 8.90. The predicted molar refractivity (Wildman–Crippen MR) is 76.5 cm³/mol. The normalized spacial score (nSPS) is 11.2. The minimum absolute atomic E-state index is 0.00666. The molecule has 0 fully saturated rings. The lowest BCUT2D eigenvalue weighted by Crippen LogP contribution is -2.19. The van der Waals surface area contributed by atoms with Crippen molar-refractivity contribution >= 4 is 11.6 Å². The summed E-state index contributed by atoms with van der Waals surface area (Å²) in [5.74, 6) is 0.798. The van der Waals surface area contributed by atoms with Crippen LogP contribution in [0.5, 0.6) is 5.75 Å². The first kappa shape index (κ1) is 15.5. The Balaban J connectivity index is 2.45. The monoisotopic (exact) mass is 265 g/mol. The highest BCUT2D eigenvalue weighted by Crippen LogP contribution is 2.20. The molecule has 0 heterocycles. The molecule has 1 rings (SSSR count). The largest absolute Gasteiger partial charge is 0.491 e. The summed E-state index contributed by atoms with van der Waals surface area (Å²) in [4.78, 5) is 11.8. The Labute approximate surface area is 115 Å². The van der Waals surface area contributed by atoms with Gasteiger partial charge >= 0.3 is 0 Å². The fourth-order valence-corrected chi connectivity index (χ4v) is 1.56. The van der Waals surface area contributed by atoms with E-state index >= 15 is 0 Å². The van der Waals surface area contributed by atoms with Gasteiger partial charge in [-0.05, 0) is 29.7 Å². The van der Waals surface area contributed by atoms with Gasteiger partial charge < -0.3 is 14.8 Å². The maximum atomic E-state index is 11.8. The smallest absolute Gasteiger partial charge is 0.224 e. The number of carbonyl (C=O) groups is 1. The minimum Gasteiger partial charge on any atom is -0.491 e. The summed E-state index contributed by atoms with van der Waals surface area (Å²) in [6.45, 7) is 7.20. The van der Waals surface area contributed by atoms with Gasteiger partial charge in [0.05, 0.1) is 6.61 Å². The first-order valence-electron chi connectivity index (χ1n) is 6.42. The van der Waals surface area contributed by atoms with Gasteiger partial charge in [-0.3, -0.25) is 4.79 Å². The van der Waals surface area contributed by atoms with Crippen LogP contribution in [-0.4, -0.2) is 26.2 Å². The molecule has 0 aliphatic rings. The Morgan fingerprint density at radius 2 is 1.79 bits per heavy atom. The Morgan fingerprint density at radius 3 is 2.32 bits per heavy atom. The highest BCUT2D eigenvalue weighted by molar-refractivity contribution is 5.91. The van der Waals surface area contributed by atoms with Crippen molar-refractivity contribution < 1.29 is 14.3 Å². The van der Waals surface area contributed by atoms with Crippen LogP contribution in [-0.2, 0) is 9.53 Å². The standard InChI is InChI=1S/C15H23NO3/c1-15(2,3)11-14(17)16-12-5-7-13(8-6-12)19-10-9-18-4/h5-8H,9-11H2,1-4H3,(H,16,17). The molecule has 0 aliphatic carbocycles. The number of rotatable bonds is 6. The van der Waals surface area contributed by atoms with E-state index in [0.29, 0.717) is 19.6 Å². The van der Waals surface area contributed by atoms with E-state index in [1.807, 2.05) is 45.0 Å². The molecule has 0 aliphatic heterocycles. The SMILES string of the molecule is COCCOc1ccc(NC(=O)CC(C)(C)C)cc1. The number of ether oxygens (including phenoxy) is 2. The number of nitrogens with one attached hydrogen (secondary N) is 1. The zero-order valence-corrected chi connectivity index (χ0v) is 12.2. The Kier molecular flexibility index (Phi) is 5.83. The molecule has 106 valence electrons. The van der Waals surface area contributed by atoms with Crippen molar-refractivity contribution in [2.45, 2.75) is 27.2 Å². The number of amides is 1. The first-order valence-corrected chi connectivity index (χ1v) is 6.42. The van der Waals surface area contributed by atoms with E-state index in [4.69, 9.17) is 9.47 Å². The number of carbonyl (C=O) groups excluding carboxylic acids is 1. The number of anilines is 1. The van der Waals surface area contributed by atoms with Crippen molar-refractivity contribution in [3.8, 4) is 5.75 Å². The Bertz CT molecular complexity index is 393. The van der Waals surface area contributed by atoms with E-state index in [-0.39, 0.29) is 11.3 Å². The quantitative estimate of drug-likeness (QED) is 0.804. The van der Waals surface area contributed by atoms with Gasteiger partial charge in [-0.15, -0.1) is 0 Å². The molecule has 1 N–H and O–H groups in total. The van der Waals surface area contributed by atoms with Crippen molar-refractivity contribution in [1.29, 1.82) is 0 Å². The van der Waals surface area contributed by atoms with Gasteiger partial charge in [0.1, 0.15) is 12.4 Å². The predicted octanol–water partition coefficient (Wildman–Crippen LogP) is 3.09. The lowest BCUT2D eigenvalue weighted by Gasteiger charge is -2.17. The number of hydrogen-bond donors (Lipinski definition) is 1. The average molecular weight is 265 g/mol. The molecule has 0 bridgehead atoms. The van der Waals surface area contributed by atoms with E-state index in [9.17, 15) is 4.79 Å². The molecular weight excluding hydrogens is 242 g/mol. The summed E-state index contributed by atoms with van der Waals surface area (Å²) in [6.07, 6.45) is 0.499. The van der Waals surface area contributed by atoms with Gasteiger partial charge in [-0.25, -0.2) is 0 Å². The van der Waals surface area contributed by atoms with Crippen LogP contribution >= 0.6 is 0 Å². The topological polar surface area (TPSA) is 47.6 Å². The van der Waals surface area contributed by atoms with Crippen LogP contribution in [0.15, 0.2) is 24.3 Å². The summed E-state index contributed by atoms with van der Waals surface area (Å²) in [5, 5.41) is 2.87. The van der Waals surface area contributed by atoms with E-state index in [2.05, 4.69) is 5.32 Å². The van der Waals surface area contributed by atoms with Crippen molar-refractivity contribution in [2.24, 2.45) is 5.41 Å². The van der Waals surface area contributed by atoms with Crippen molar-refractivity contribution in [3.63, 3.8) is 0 Å². The summed E-state index contributed by atoms with van der Waals surface area (Å²) >= 11 is 0. The molecule has 4 heteroatoms. The molecule has 19 heavy (non-hydrogen) atoms. The van der Waals surface area contributed by atoms with E-state index in [0.717, 1.165) is 11.4 Å². The van der Waals surface area contributed by atoms with Crippen LogP contribution in [0, 0.1) is 5.41 Å². The van der Waals surface area contributed by atoms with Crippen LogP contribution < -0.4 is 10.1 Å². The molecule has 1 aromatic rings. The highest BCUT2D eigenvalue weighted by atomic mass is 16.5. The van der Waals surface area contributed by atoms with Gasteiger partial charge in [0.15, 0.2) is 0 Å². The lowest BCUT2D eigenvalue weighted by atomic mass is 9.92. The van der Waals surface area contributed by atoms with Gasteiger partial charge in [0, 0.05) is 19.2 Å². The fourth-order valence-electron chi connectivity index (χ4n) is 1.56. The van der Waals surface area contributed by atoms with Gasteiger partial charge in [0.2, 0.25) is 5.91 Å². The molecule has 0 saturated heterocycles. The maximum absolute atomic E-state index is 11.8.